The summed E-state index contributed by atoms with van der Waals surface area (Å²) in [5.74, 6) is 1.16. The van der Waals surface area contributed by atoms with Crippen molar-refractivity contribution in [2.75, 3.05) is 5.75 Å². The van der Waals surface area contributed by atoms with Crippen LogP contribution in [-0.4, -0.2) is 5.75 Å². The van der Waals surface area contributed by atoms with E-state index in [0.717, 1.165) is 15.2 Å². The van der Waals surface area contributed by atoms with Crippen LogP contribution >= 0.6 is 39.3 Å². The van der Waals surface area contributed by atoms with Gasteiger partial charge in [-0.1, -0.05) is 27.5 Å². The Kier molecular flexibility index (Phi) is 2.68. The second kappa shape index (κ2) is 3.60. The topological polar surface area (TPSA) is 0 Å². The third-order valence-corrected chi connectivity index (χ3v) is 3.68. The number of thioether (sulfide) groups is 1. The minimum atomic E-state index is 0.556. The molecule has 2 rings (SSSR count). The first kappa shape index (κ1) is 8.92. The number of rotatable bonds is 1. The molecule has 1 heterocycles. The SMILES string of the molecule is Clc1cc(Br)cc(C2[CH]CS2)c1. The average Bonchev–Trinajstić information content (AvgIpc) is 1.79. The summed E-state index contributed by atoms with van der Waals surface area (Å²) >= 11 is 11.3. The van der Waals surface area contributed by atoms with E-state index in [1.807, 2.05) is 23.9 Å². The molecule has 1 fully saturated rings. The van der Waals surface area contributed by atoms with Gasteiger partial charge in [-0.2, -0.15) is 11.8 Å². The number of hydrogen-bond acceptors (Lipinski definition) is 1. The van der Waals surface area contributed by atoms with Gasteiger partial charge >= 0.3 is 0 Å². The Bertz CT molecular complexity index is 276. The third kappa shape index (κ3) is 1.81. The zero-order valence-electron chi connectivity index (χ0n) is 6.26. The zero-order valence-corrected chi connectivity index (χ0v) is 9.42. The number of benzene rings is 1. The predicted molar refractivity (Wildman–Crippen MR) is 58.7 cm³/mol. The van der Waals surface area contributed by atoms with Crippen LogP contribution in [0.15, 0.2) is 22.7 Å². The van der Waals surface area contributed by atoms with Crippen LogP contribution in [-0.2, 0) is 0 Å². The van der Waals surface area contributed by atoms with Crippen molar-refractivity contribution in [3.8, 4) is 0 Å². The van der Waals surface area contributed by atoms with Gasteiger partial charge in [0, 0.05) is 14.7 Å². The van der Waals surface area contributed by atoms with Gasteiger partial charge in [-0.25, -0.2) is 0 Å². The van der Waals surface area contributed by atoms with Crippen LogP contribution in [0.3, 0.4) is 0 Å². The van der Waals surface area contributed by atoms with Crippen molar-refractivity contribution in [2.45, 2.75) is 5.25 Å². The lowest BCUT2D eigenvalue weighted by Crippen LogP contribution is -2.07. The summed E-state index contributed by atoms with van der Waals surface area (Å²) in [7, 11) is 0. The summed E-state index contributed by atoms with van der Waals surface area (Å²) < 4.78 is 1.06. The van der Waals surface area contributed by atoms with E-state index in [1.54, 1.807) is 0 Å². The molecule has 0 aromatic heterocycles. The Balaban J connectivity index is 2.30. The molecule has 0 spiro atoms. The predicted octanol–water partition coefficient (Wildman–Crippen LogP) is 4.09. The fourth-order valence-corrected chi connectivity index (χ4v) is 2.76. The highest BCUT2D eigenvalue weighted by molar-refractivity contribution is 9.10. The minimum Gasteiger partial charge on any atom is -0.153 e. The van der Waals surface area contributed by atoms with E-state index in [2.05, 4.69) is 28.4 Å². The second-order valence-electron chi connectivity index (χ2n) is 2.69. The van der Waals surface area contributed by atoms with E-state index in [9.17, 15) is 0 Å². The normalized spacial score (nSPS) is 22.0. The smallest absolute Gasteiger partial charge is 0.0420 e. The fraction of sp³-hybridized carbons (Fsp3) is 0.222. The van der Waals surface area contributed by atoms with E-state index in [4.69, 9.17) is 11.6 Å². The molecular formula is C9H7BrClS. The van der Waals surface area contributed by atoms with E-state index in [1.165, 1.54) is 5.56 Å². The second-order valence-corrected chi connectivity index (χ2v) is 5.22. The lowest BCUT2D eigenvalue weighted by atomic mass is 10.1. The maximum absolute atomic E-state index is 5.92. The van der Waals surface area contributed by atoms with E-state index in [-0.39, 0.29) is 0 Å². The Morgan fingerprint density at radius 3 is 2.67 bits per heavy atom. The van der Waals surface area contributed by atoms with Crippen LogP contribution in [0.2, 0.25) is 5.02 Å². The molecule has 1 atom stereocenters. The van der Waals surface area contributed by atoms with Gasteiger partial charge in [-0.3, -0.25) is 0 Å². The summed E-state index contributed by atoms with van der Waals surface area (Å²) in [4.78, 5) is 0. The molecule has 1 aliphatic rings. The molecule has 1 aliphatic heterocycles. The molecule has 1 unspecified atom stereocenters. The summed E-state index contributed by atoms with van der Waals surface area (Å²) in [6, 6.07) is 6.06. The van der Waals surface area contributed by atoms with Crippen molar-refractivity contribution in [3.63, 3.8) is 0 Å². The Morgan fingerprint density at radius 1 is 1.42 bits per heavy atom. The van der Waals surface area contributed by atoms with Gasteiger partial charge in [-0.15, -0.1) is 0 Å². The van der Waals surface area contributed by atoms with Gasteiger partial charge in [0.25, 0.3) is 0 Å². The van der Waals surface area contributed by atoms with E-state index >= 15 is 0 Å². The zero-order chi connectivity index (χ0) is 8.55. The van der Waals surface area contributed by atoms with Gasteiger partial charge < -0.3 is 0 Å². The molecule has 1 radical (unpaired) electrons. The summed E-state index contributed by atoms with van der Waals surface area (Å²) in [5, 5.41) is 1.36. The molecule has 0 aliphatic carbocycles. The molecule has 1 saturated heterocycles. The van der Waals surface area contributed by atoms with Gasteiger partial charge in [-0.05, 0) is 35.9 Å². The number of hydrogen-bond donors (Lipinski definition) is 0. The first-order valence-electron chi connectivity index (χ1n) is 3.66. The molecule has 1 aromatic rings. The van der Waals surface area contributed by atoms with Crippen molar-refractivity contribution in [1.29, 1.82) is 0 Å². The quantitative estimate of drug-likeness (QED) is 0.734. The van der Waals surface area contributed by atoms with Crippen LogP contribution in [0.4, 0.5) is 0 Å². The summed E-state index contributed by atoms with van der Waals surface area (Å²) in [6.45, 7) is 0. The van der Waals surface area contributed by atoms with Crippen LogP contribution in [0.25, 0.3) is 0 Å². The Hall–Kier alpha value is 0.340. The van der Waals surface area contributed by atoms with Crippen molar-refractivity contribution in [2.24, 2.45) is 0 Å². The lowest BCUT2D eigenvalue weighted by Gasteiger charge is -2.25. The highest BCUT2D eigenvalue weighted by Gasteiger charge is 2.20. The highest BCUT2D eigenvalue weighted by atomic mass is 79.9. The minimum absolute atomic E-state index is 0.556. The molecule has 0 bridgehead atoms. The lowest BCUT2D eigenvalue weighted by molar-refractivity contribution is 1.06. The van der Waals surface area contributed by atoms with Crippen molar-refractivity contribution < 1.29 is 0 Å². The molecule has 1 aromatic carbocycles. The molecule has 12 heavy (non-hydrogen) atoms. The highest BCUT2D eigenvalue weighted by Crippen LogP contribution is 2.42. The van der Waals surface area contributed by atoms with E-state index in [0.29, 0.717) is 5.25 Å². The molecule has 3 heteroatoms. The van der Waals surface area contributed by atoms with Gasteiger partial charge in [0.15, 0.2) is 0 Å². The van der Waals surface area contributed by atoms with Crippen molar-refractivity contribution in [3.05, 3.63) is 39.7 Å². The largest absolute Gasteiger partial charge is 0.153 e. The van der Waals surface area contributed by atoms with Crippen LogP contribution in [0.5, 0.6) is 0 Å². The molecule has 0 nitrogen and oxygen atoms in total. The monoisotopic (exact) mass is 261 g/mol. The van der Waals surface area contributed by atoms with Crippen LogP contribution < -0.4 is 0 Å². The van der Waals surface area contributed by atoms with Crippen molar-refractivity contribution >= 4 is 39.3 Å². The molecular weight excluding hydrogens is 256 g/mol. The summed E-state index contributed by atoms with van der Waals surface area (Å²) in [6.07, 6.45) is 2.29. The van der Waals surface area contributed by atoms with Gasteiger partial charge in [0.1, 0.15) is 0 Å². The molecule has 0 saturated carbocycles. The first-order chi connectivity index (χ1) is 5.75. The summed E-state index contributed by atoms with van der Waals surface area (Å²) in [5.41, 5.74) is 1.30. The standard InChI is InChI=1S/C9H7BrClS/c10-7-3-6(4-8(11)5-7)9-1-2-12-9/h1,3-5,9H,2H2. The van der Waals surface area contributed by atoms with Crippen LogP contribution in [0.1, 0.15) is 10.8 Å². The molecule has 0 amide bonds. The van der Waals surface area contributed by atoms with Gasteiger partial charge in [0.05, 0.1) is 0 Å². The van der Waals surface area contributed by atoms with Crippen molar-refractivity contribution in [1.82, 2.24) is 0 Å². The first-order valence-corrected chi connectivity index (χ1v) is 5.88. The Labute approximate surface area is 89.8 Å². The molecule has 63 valence electrons. The number of halogens is 2. The molecule has 0 N–H and O–H groups in total. The maximum Gasteiger partial charge on any atom is 0.0420 e. The fourth-order valence-electron chi connectivity index (χ4n) is 1.16. The van der Waals surface area contributed by atoms with Crippen LogP contribution in [0, 0.1) is 6.42 Å². The van der Waals surface area contributed by atoms with E-state index < -0.39 is 0 Å². The Morgan fingerprint density at radius 2 is 2.17 bits per heavy atom. The average molecular weight is 263 g/mol. The maximum atomic E-state index is 5.92. The van der Waals surface area contributed by atoms with Gasteiger partial charge in [0.2, 0.25) is 0 Å². The third-order valence-electron chi connectivity index (χ3n) is 1.80.